The first-order valence-corrected chi connectivity index (χ1v) is 7.12. The summed E-state index contributed by atoms with van der Waals surface area (Å²) in [5.41, 5.74) is 3.19. The van der Waals surface area contributed by atoms with E-state index in [-0.39, 0.29) is 0 Å². The Morgan fingerprint density at radius 3 is 2.14 bits per heavy atom. The summed E-state index contributed by atoms with van der Waals surface area (Å²) in [5, 5.41) is 4.58. The number of hydrogen-bond acceptors (Lipinski definition) is 2. The van der Waals surface area contributed by atoms with Crippen molar-refractivity contribution in [2.24, 2.45) is 0 Å². The Labute approximate surface area is 124 Å². The molecule has 0 saturated carbocycles. The first kappa shape index (κ1) is 11.2. The Morgan fingerprint density at radius 2 is 1.33 bits per heavy atom. The van der Waals surface area contributed by atoms with E-state index in [0.717, 1.165) is 43.9 Å². The second-order valence-corrected chi connectivity index (χ2v) is 5.51. The van der Waals surface area contributed by atoms with Crippen molar-refractivity contribution in [3.63, 3.8) is 0 Å². The van der Waals surface area contributed by atoms with Gasteiger partial charge in [-0.25, -0.2) is 0 Å². The van der Waals surface area contributed by atoms with Gasteiger partial charge in [-0.1, -0.05) is 48.0 Å². The van der Waals surface area contributed by atoms with E-state index in [1.54, 1.807) is 0 Å². The molecule has 0 atom stereocenters. The third kappa shape index (κ3) is 1.38. The number of halogens is 1. The predicted octanol–water partition coefficient (Wildman–Crippen LogP) is 6.14. The zero-order valence-corrected chi connectivity index (χ0v) is 11.6. The molecule has 0 aliphatic rings. The number of rotatable bonds is 0. The fourth-order valence-electron chi connectivity index (χ4n) is 3.01. The van der Waals surface area contributed by atoms with Gasteiger partial charge >= 0.3 is 0 Å². The van der Waals surface area contributed by atoms with Crippen LogP contribution >= 0.6 is 11.6 Å². The van der Waals surface area contributed by atoms with Crippen LogP contribution in [0.15, 0.2) is 63.4 Å². The van der Waals surface area contributed by atoms with Crippen molar-refractivity contribution < 1.29 is 8.83 Å². The van der Waals surface area contributed by atoms with Gasteiger partial charge in [0.2, 0.25) is 0 Å². The Kier molecular flexibility index (Phi) is 2.04. The van der Waals surface area contributed by atoms with Crippen molar-refractivity contribution in [1.82, 2.24) is 0 Å². The fraction of sp³-hybridized carbons (Fsp3) is 0. The van der Waals surface area contributed by atoms with Crippen molar-refractivity contribution in [2.45, 2.75) is 0 Å². The minimum Gasteiger partial charge on any atom is -0.456 e. The van der Waals surface area contributed by atoms with E-state index in [1.807, 2.05) is 54.6 Å². The van der Waals surface area contributed by atoms with E-state index in [0.29, 0.717) is 5.02 Å². The average molecular weight is 293 g/mol. The number of furan rings is 2. The molecule has 0 bridgehead atoms. The van der Waals surface area contributed by atoms with E-state index < -0.39 is 0 Å². The highest BCUT2D eigenvalue weighted by molar-refractivity contribution is 6.43. The average Bonchev–Trinajstić information content (AvgIpc) is 3.06. The third-order valence-corrected chi connectivity index (χ3v) is 4.31. The van der Waals surface area contributed by atoms with Crippen molar-refractivity contribution in [2.75, 3.05) is 0 Å². The van der Waals surface area contributed by atoms with Gasteiger partial charge < -0.3 is 8.83 Å². The van der Waals surface area contributed by atoms with Crippen LogP contribution in [0, 0.1) is 0 Å². The molecule has 21 heavy (non-hydrogen) atoms. The molecule has 2 heterocycles. The minimum absolute atomic E-state index is 0.614. The molecule has 0 radical (unpaired) electrons. The topological polar surface area (TPSA) is 26.3 Å². The number of fused-ring (bicyclic) bond motifs is 6. The minimum atomic E-state index is 0.614. The second kappa shape index (κ2) is 3.80. The quantitative estimate of drug-likeness (QED) is 0.343. The summed E-state index contributed by atoms with van der Waals surface area (Å²) in [6, 6.07) is 17.9. The molecule has 0 aliphatic heterocycles. The summed E-state index contributed by atoms with van der Waals surface area (Å²) in [7, 11) is 0. The smallest absolute Gasteiger partial charge is 0.154 e. The van der Waals surface area contributed by atoms with Crippen molar-refractivity contribution >= 4 is 55.5 Å². The summed E-state index contributed by atoms with van der Waals surface area (Å²) in [6.07, 6.45) is 0. The number of para-hydroxylation sites is 2. The molecule has 0 fully saturated rings. The van der Waals surface area contributed by atoms with Gasteiger partial charge in [0.15, 0.2) is 5.58 Å². The maximum absolute atomic E-state index is 6.61. The first-order valence-electron chi connectivity index (χ1n) is 6.74. The van der Waals surface area contributed by atoms with E-state index in [9.17, 15) is 0 Å². The molecular formula is C18H9ClO2. The molecule has 2 aromatic heterocycles. The summed E-state index contributed by atoms with van der Waals surface area (Å²) >= 11 is 6.61. The van der Waals surface area contributed by atoms with Crippen LogP contribution in [0.4, 0.5) is 0 Å². The molecular weight excluding hydrogens is 284 g/mol. The zero-order valence-electron chi connectivity index (χ0n) is 10.9. The Balaban J connectivity index is 2.10. The molecule has 0 aliphatic carbocycles. The van der Waals surface area contributed by atoms with Crippen LogP contribution in [-0.4, -0.2) is 0 Å². The normalized spacial score (nSPS) is 12.0. The molecule has 0 spiro atoms. The van der Waals surface area contributed by atoms with Gasteiger partial charge in [-0.15, -0.1) is 0 Å². The molecule has 0 unspecified atom stereocenters. The first-order chi connectivity index (χ1) is 10.3. The molecule has 0 amide bonds. The lowest BCUT2D eigenvalue weighted by Crippen LogP contribution is -1.72. The molecule has 0 N–H and O–H groups in total. The summed E-state index contributed by atoms with van der Waals surface area (Å²) < 4.78 is 11.9. The number of hydrogen-bond donors (Lipinski definition) is 0. The van der Waals surface area contributed by atoms with Gasteiger partial charge in [-0.2, -0.15) is 0 Å². The Hall–Kier alpha value is -2.45. The van der Waals surface area contributed by atoms with Gasteiger partial charge in [-0.3, -0.25) is 0 Å². The molecule has 3 heteroatoms. The zero-order chi connectivity index (χ0) is 14.0. The van der Waals surface area contributed by atoms with E-state index in [4.69, 9.17) is 20.4 Å². The molecule has 5 aromatic rings. The lowest BCUT2D eigenvalue weighted by molar-refractivity contribution is 0.664. The van der Waals surface area contributed by atoms with Crippen molar-refractivity contribution in [3.8, 4) is 0 Å². The standard InChI is InChI=1S/C18H9ClO2/c19-17-16-11-6-2-4-8-14(11)20-15(16)9-12-10-5-1-3-7-13(10)21-18(12)17/h1-9H. The lowest BCUT2D eigenvalue weighted by Gasteiger charge is -1.95. The monoisotopic (exact) mass is 292 g/mol. The summed E-state index contributed by atoms with van der Waals surface area (Å²) in [6.45, 7) is 0. The van der Waals surface area contributed by atoms with Gasteiger partial charge in [-0.05, 0) is 18.2 Å². The molecule has 5 rings (SSSR count). The van der Waals surface area contributed by atoms with Gasteiger partial charge in [0.05, 0.1) is 10.4 Å². The van der Waals surface area contributed by atoms with Crippen LogP contribution < -0.4 is 0 Å². The van der Waals surface area contributed by atoms with E-state index in [2.05, 4.69) is 0 Å². The van der Waals surface area contributed by atoms with E-state index >= 15 is 0 Å². The van der Waals surface area contributed by atoms with Crippen LogP contribution in [0.25, 0.3) is 43.9 Å². The Morgan fingerprint density at radius 1 is 0.667 bits per heavy atom. The van der Waals surface area contributed by atoms with Crippen LogP contribution in [0.3, 0.4) is 0 Å². The van der Waals surface area contributed by atoms with Gasteiger partial charge in [0.25, 0.3) is 0 Å². The number of benzene rings is 3. The van der Waals surface area contributed by atoms with Crippen LogP contribution in [-0.2, 0) is 0 Å². The largest absolute Gasteiger partial charge is 0.456 e. The lowest BCUT2D eigenvalue weighted by atomic mass is 10.1. The summed E-state index contributed by atoms with van der Waals surface area (Å²) in [5.74, 6) is 0. The molecule has 3 aromatic carbocycles. The Bertz CT molecular complexity index is 1140. The maximum Gasteiger partial charge on any atom is 0.154 e. The summed E-state index contributed by atoms with van der Waals surface area (Å²) in [4.78, 5) is 0. The predicted molar refractivity (Wildman–Crippen MR) is 86.0 cm³/mol. The SMILES string of the molecule is Clc1c2oc3ccccc3c2cc2oc3ccccc3c12. The highest BCUT2D eigenvalue weighted by atomic mass is 35.5. The van der Waals surface area contributed by atoms with Crippen molar-refractivity contribution in [1.29, 1.82) is 0 Å². The fourth-order valence-corrected chi connectivity index (χ4v) is 3.34. The van der Waals surface area contributed by atoms with Crippen LogP contribution in [0.1, 0.15) is 0 Å². The van der Waals surface area contributed by atoms with Gasteiger partial charge in [0.1, 0.15) is 16.7 Å². The highest BCUT2D eigenvalue weighted by Crippen LogP contribution is 2.42. The van der Waals surface area contributed by atoms with Crippen LogP contribution in [0.2, 0.25) is 5.02 Å². The highest BCUT2D eigenvalue weighted by Gasteiger charge is 2.17. The van der Waals surface area contributed by atoms with Crippen molar-refractivity contribution in [3.05, 3.63) is 59.6 Å². The molecule has 2 nitrogen and oxygen atoms in total. The third-order valence-electron chi connectivity index (χ3n) is 3.95. The van der Waals surface area contributed by atoms with Crippen LogP contribution in [0.5, 0.6) is 0 Å². The maximum atomic E-state index is 6.61. The second-order valence-electron chi connectivity index (χ2n) is 5.14. The van der Waals surface area contributed by atoms with E-state index in [1.165, 1.54) is 0 Å². The molecule has 0 saturated heterocycles. The van der Waals surface area contributed by atoms with Gasteiger partial charge in [0, 0.05) is 16.2 Å². The molecule has 100 valence electrons.